The number of benzene rings is 1. The van der Waals surface area contributed by atoms with E-state index in [-0.39, 0.29) is 55.8 Å². The highest BCUT2D eigenvalue weighted by Crippen LogP contribution is 2.59. The zero-order chi connectivity index (χ0) is 27.6. The summed E-state index contributed by atoms with van der Waals surface area (Å²) in [6, 6.07) is 4.55. The Morgan fingerprint density at radius 1 is 1.10 bits per heavy atom. The van der Waals surface area contributed by atoms with Gasteiger partial charge in [0.05, 0.1) is 17.7 Å². The summed E-state index contributed by atoms with van der Waals surface area (Å²) < 4.78 is 11.8. The number of amides is 3. The molecule has 1 saturated heterocycles. The topological polar surface area (TPSA) is 132 Å². The third-order valence-corrected chi connectivity index (χ3v) is 10.1. The molecule has 2 aromatic rings. The van der Waals surface area contributed by atoms with Gasteiger partial charge in [0.25, 0.3) is 5.91 Å². The number of rotatable bonds is 7. The van der Waals surface area contributed by atoms with E-state index in [1.807, 2.05) is 5.38 Å². The molecule has 4 saturated carbocycles. The Labute approximate surface area is 234 Å². The van der Waals surface area contributed by atoms with Gasteiger partial charge in [-0.2, -0.15) is 0 Å². The number of piperidine rings is 1. The number of ketones is 1. The molecule has 208 valence electrons. The molecule has 1 aromatic carbocycles. The van der Waals surface area contributed by atoms with Crippen LogP contribution >= 0.6 is 11.3 Å². The van der Waals surface area contributed by atoms with Gasteiger partial charge in [0, 0.05) is 34.8 Å². The summed E-state index contributed by atoms with van der Waals surface area (Å²) in [6.07, 6.45) is 4.42. The third kappa shape index (κ3) is 4.22. The number of Topliss-reactive ketones (excluding diaryl/α,β-unsaturated/α-hetero) is 1. The Morgan fingerprint density at radius 3 is 2.67 bits per heavy atom. The lowest BCUT2D eigenvalue weighted by Gasteiger charge is -2.53. The maximum atomic E-state index is 13.2. The van der Waals surface area contributed by atoms with E-state index in [4.69, 9.17) is 9.47 Å². The van der Waals surface area contributed by atoms with Gasteiger partial charge in [-0.05, 0) is 56.6 Å². The van der Waals surface area contributed by atoms with E-state index >= 15 is 0 Å². The van der Waals surface area contributed by atoms with Crippen molar-refractivity contribution in [2.45, 2.75) is 70.7 Å². The number of hydrogen-bond acceptors (Lipinski definition) is 9. The SMILES string of the molecule is O=C1CCC(N2Cc3c(OCc4nc(COC(=O)C56CC7CC(C5)C(=O)C(C7)C6)cs4)cccc3C2=O)C(=O)N1. The van der Waals surface area contributed by atoms with E-state index in [0.717, 1.165) is 19.3 Å². The van der Waals surface area contributed by atoms with Crippen LogP contribution < -0.4 is 10.1 Å². The molecule has 0 radical (unpaired) electrons. The predicted octanol–water partition coefficient (Wildman–Crippen LogP) is 2.92. The minimum Gasteiger partial charge on any atom is -0.486 e. The number of imide groups is 1. The second-order valence-electron chi connectivity index (χ2n) is 11.8. The lowest BCUT2D eigenvalue weighted by atomic mass is 9.49. The summed E-state index contributed by atoms with van der Waals surface area (Å²) >= 11 is 1.40. The highest BCUT2D eigenvalue weighted by atomic mass is 32.1. The molecule has 3 atom stereocenters. The van der Waals surface area contributed by atoms with E-state index in [2.05, 4.69) is 10.3 Å². The summed E-state index contributed by atoms with van der Waals surface area (Å²) in [7, 11) is 0. The van der Waals surface area contributed by atoms with Crippen molar-refractivity contribution in [1.29, 1.82) is 0 Å². The van der Waals surface area contributed by atoms with Crippen molar-refractivity contribution in [3.8, 4) is 5.75 Å². The Balaban J connectivity index is 0.967. The molecular formula is C29H29N3O7S. The monoisotopic (exact) mass is 563 g/mol. The van der Waals surface area contributed by atoms with Crippen LogP contribution in [0.1, 0.15) is 71.6 Å². The molecule has 3 unspecified atom stereocenters. The molecule has 3 amide bonds. The molecule has 1 N–H and O–H groups in total. The van der Waals surface area contributed by atoms with Crippen LogP contribution in [0.15, 0.2) is 23.6 Å². The molecule has 6 aliphatic rings. The van der Waals surface area contributed by atoms with Crippen LogP contribution in [0.2, 0.25) is 0 Å². The molecule has 8 rings (SSSR count). The first-order valence-electron chi connectivity index (χ1n) is 13.8. The van der Waals surface area contributed by atoms with E-state index in [1.165, 1.54) is 16.2 Å². The highest BCUT2D eigenvalue weighted by molar-refractivity contribution is 7.09. The zero-order valence-electron chi connectivity index (χ0n) is 21.9. The van der Waals surface area contributed by atoms with Gasteiger partial charge in [-0.25, -0.2) is 4.98 Å². The van der Waals surface area contributed by atoms with Gasteiger partial charge in [0.2, 0.25) is 11.8 Å². The molecule has 0 spiro atoms. The van der Waals surface area contributed by atoms with Gasteiger partial charge < -0.3 is 14.4 Å². The fraction of sp³-hybridized carbons (Fsp3) is 0.517. The first kappa shape index (κ1) is 25.4. The normalized spacial score (nSPS) is 30.4. The van der Waals surface area contributed by atoms with Crippen molar-refractivity contribution in [2.24, 2.45) is 23.2 Å². The summed E-state index contributed by atoms with van der Waals surface area (Å²) in [4.78, 5) is 68.6. The average molecular weight is 564 g/mol. The number of ether oxygens (including phenoxy) is 2. The smallest absolute Gasteiger partial charge is 0.312 e. The van der Waals surface area contributed by atoms with Crippen LogP contribution in [0.25, 0.3) is 0 Å². The van der Waals surface area contributed by atoms with Crippen LogP contribution in [0, 0.1) is 23.2 Å². The molecule has 10 nitrogen and oxygen atoms in total. The summed E-state index contributed by atoms with van der Waals surface area (Å²) in [6.45, 7) is 0.492. The van der Waals surface area contributed by atoms with Gasteiger partial charge in [-0.1, -0.05) is 6.07 Å². The molecule has 40 heavy (non-hydrogen) atoms. The Hall–Kier alpha value is -3.60. The van der Waals surface area contributed by atoms with Gasteiger partial charge in [0.1, 0.15) is 35.8 Å². The van der Waals surface area contributed by atoms with Crippen molar-refractivity contribution in [3.63, 3.8) is 0 Å². The lowest BCUT2D eigenvalue weighted by Crippen LogP contribution is -2.54. The highest BCUT2D eigenvalue weighted by Gasteiger charge is 2.59. The van der Waals surface area contributed by atoms with Gasteiger partial charge in [-0.15, -0.1) is 11.3 Å². The number of fused-ring (bicyclic) bond motifs is 1. The number of nitrogens with zero attached hydrogens (tertiary/aromatic N) is 2. The summed E-state index contributed by atoms with van der Waals surface area (Å²) in [5, 5.41) is 4.86. The Kier molecular flexibility index (Phi) is 6.03. The summed E-state index contributed by atoms with van der Waals surface area (Å²) in [5.41, 5.74) is 1.33. The quantitative estimate of drug-likeness (QED) is 0.402. The molecule has 3 heterocycles. The minimum atomic E-state index is -0.686. The number of carbonyl (C=O) groups is 5. The Bertz CT molecular complexity index is 1430. The van der Waals surface area contributed by atoms with Crippen LogP contribution in [-0.4, -0.2) is 45.4 Å². The van der Waals surface area contributed by atoms with Crippen molar-refractivity contribution >= 4 is 40.8 Å². The second kappa shape index (κ2) is 9.50. The van der Waals surface area contributed by atoms with Crippen molar-refractivity contribution in [2.75, 3.05) is 0 Å². The zero-order valence-corrected chi connectivity index (χ0v) is 22.7. The molecule has 4 aliphatic carbocycles. The van der Waals surface area contributed by atoms with Crippen LogP contribution in [0.4, 0.5) is 0 Å². The van der Waals surface area contributed by atoms with Crippen LogP contribution in [0.5, 0.6) is 5.75 Å². The van der Waals surface area contributed by atoms with Crippen LogP contribution in [0.3, 0.4) is 0 Å². The van der Waals surface area contributed by atoms with Crippen molar-refractivity contribution in [1.82, 2.24) is 15.2 Å². The largest absolute Gasteiger partial charge is 0.486 e. The average Bonchev–Trinajstić information content (AvgIpc) is 3.53. The standard InChI is InChI=1S/C29H29N3O7S/c33-23-5-4-21(26(35)31-23)32-11-20-19(27(32)36)2-1-3-22(20)38-13-24-30-18(14-40-24)12-39-28(37)29-8-15-6-16(9-29)25(34)17(7-15)10-29/h1-3,14-17,21H,4-13H2,(H,31,33,35). The lowest BCUT2D eigenvalue weighted by molar-refractivity contribution is -0.175. The first-order chi connectivity index (χ1) is 19.3. The summed E-state index contributed by atoms with van der Waals surface area (Å²) in [5.74, 6) is 0.161. The number of thiazole rings is 1. The fourth-order valence-corrected chi connectivity index (χ4v) is 8.29. The molecular weight excluding hydrogens is 534 g/mol. The molecule has 2 aliphatic heterocycles. The second-order valence-corrected chi connectivity index (χ2v) is 12.7. The fourth-order valence-electron chi connectivity index (χ4n) is 7.60. The molecule has 5 fully saturated rings. The van der Waals surface area contributed by atoms with Crippen molar-refractivity contribution < 1.29 is 33.4 Å². The first-order valence-corrected chi connectivity index (χ1v) is 14.7. The van der Waals surface area contributed by atoms with Gasteiger partial charge >= 0.3 is 5.97 Å². The van der Waals surface area contributed by atoms with Gasteiger partial charge in [0.15, 0.2) is 0 Å². The minimum absolute atomic E-state index is 0.0210. The number of hydrogen-bond donors (Lipinski definition) is 1. The maximum Gasteiger partial charge on any atom is 0.312 e. The molecule has 4 bridgehead atoms. The van der Waals surface area contributed by atoms with Crippen LogP contribution in [-0.2, 0) is 43.7 Å². The van der Waals surface area contributed by atoms with E-state index in [0.29, 0.717) is 58.5 Å². The number of nitrogens with one attached hydrogen (secondary N) is 1. The van der Waals surface area contributed by atoms with Gasteiger partial charge in [-0.3, -0.25) is 29.3 Å². The Morgan fingerprint density at radius 2 is 1.90 bits per heavy atom. The third-order valence-electron chi connectivity index (χ3n) is 9.27. The van der Waals surface area contributed by atoms with E-state index < -0.39 is 17.4 Å². The van der Waals surface area contributed by atoms with E-state index in [9.17, 15) is 24.0 Å². The predicted molar refractivity (Wildman–Crippen MR) is 140 cm³/mol. The number of carbonyl (C=O) groups excluding carboxylic acids is 5. The van der Waals surface area contributed by atoms with E-state index in [1.54, 1.807) is 18.2 Å². The molecule has 11 heteroatoms. The maximum absolute atomic E-state index is 13.2. The number of esters is 1. The molecule has 1 aromatic heterocycles. The number of aromatic nitrogens is 1. The van der Waals surface area contributed by atoms with Crippen molar-refractivity contribution in [3.05, 3.63) is 45.4 Å².